The summed E-state index contributed by atoms with van der Waals surface area (Å²) in [6, 6.07) is 2.90. The lowest BCUT2D eigenvalue weighted by molar-refractivity contribution is -0.384. The number of nitrogens with zero attached hydrogens (tertiary/aromatic N) is 5. The number of likely N-dealkylation sites (tertiary alicyclic amines) is 1. The fourth-order valence-corrected chi connectivity index (χ4v) is 5.86. The van der Waals surface area contributed by atoms with Gasteiger partial charge in [-0.05, 0) is 54.1 Å². The largest absolute Gasteiger partial charge is 0.375 e. The van der Waals surface area contributed by atoms with E-state index in [-0.39, 0.29) is 29.2 Å². The van der Waals surface area contributed by atoms with Crippen molar-refractivity contribution in [3.8, 4) is 0 Å². The summed E-state index contributed by atoms with van der Waals surface area (Å²) < 4.78 is -0.744. The van der Waals surface area contributed by atoms with Crippen LogP contribution in [0.5, 0.6) is 0 Å². The predicted molar refractivity (Wildman–Crippen MR) is 145 cm³/mol. The van der Waals surface area contributed by atoms with Crippen molar-refractivity contribution in [1.29, 1.82) is 0 Å². The van der Waals surface area contributed by atoms with E-state index in [4.69, 9.17) is 0 Å². The Labute approximate surface area is 229 Å². The summed E-state index contributed by atoms with van der Waals surface area (Å²) in [7, 11) is 0. The zero-order valence-corrected chi connectivity index (χ0v) is 23.0. The minimum atomic E-state index is -1.23. The fourth-order valence-electron chi connectivity index (χ4n) is 4.98. The molecule has 198 valence electrons. The van der Waals surface area contributed by atoms with Crippen molar-refractivity contribution in [1.82, 2.24) is 26.0 Å². The molecule has 15 heteroatoms. The van der Waals surface area contributed by atoms with E-state index < -0.39 is 15.7 Å². The van der Waals surface area contributed by atoms with Crippen LogP contribution in [0.4, 0.5) is 11.4 Å². The van der Waals surface area contributed by atoms with Crippen LogP contribution in [0, 0.1) is 10.1 Å². The Morgan fingerprint density at radius 1 is 1.22 bits per heavy atom. The minimum Gasteiger partial charge on any atom is -0.375 e. The number of amidine groups is 1. The maximum absolute atomic E-state index is 13.4. The predicted octanol–water partition coefficient (Wildman–Crippen LogP) is 1.90. The summed E-state index contributed by atoms with van der Waals surface area (Å²) in [6.45, 7) is 2.46. The first-order valence-corrected chi connectivity index (χ1v) is 13.8. The van der Waals surface area contributed by atoms with Gasteiger partial charge >= 0.3 is 0 Å². The molecule has 2 fully saturated rings. The number of amides is 2. The molecule has 0 bridgehead atoms. The van der Waals surface area contributed by atoms with Crippen molar-refractivity contribution < 1.29 is 14.5 Å². The first kappa shape index (κ1) is 26.0. The standard InChI is InChI=1S/C22H27Br2N9O4/c23-13-9-15(18(34)31-6-2-1-3-7-31)17(16(10-13)33(36)37)27-14-5-4-8-32(11-14)30-21-28-19-22(24,20(35)29-21)26-12-25-19/h9-10,12,14,21,27,30H,1-8,11H2,(H,29,35)(H,25,26,28)/t14-,21?,22?/m1/s1. The normalized spacial score (nSPS) is 27.7. The molecule has 0 aliphatic carbocycles. The van der Waals surface area contributed by atoms with Crippen molar-refractivity contribution in [2.24, 2.45) is 9.98 Å². The van der Waals surface area contributed by atoms with E-state index in [1.54, 1.807) is 11.0 Å². The second-order valence-corrected chi connectivity index (χ2v) is 11.5. The zero-order chi connectivity index (χ0) is 26.2. The lowest BCUT2D eigenvalue weighted by atomic mass is 10.0. The van der Waals surface area contributed by atoms with Gasteiger partial charge in [-0.25, -0.2) is 20.4 Å². The molecule has 5 rings (SSSR count). The summed E-state index contributed by atoms with van der Waals surface area (Å²) >= 11 is 6.65. The Morgan fingerprint density at radius 2 is 2.00 bits per heavy atom. The highest BCUT2D eigenvalue weighted by Crippen LogP contribution is 2.35. The number of hydrogen-bond acceptors (Lipinski definition) is 10. The van der Waals surface area contributed by atoms with Crippen LogP contribution in [0.3, 0.4) is 0 Å². The molecule has 3 atom stereocenters. The number of piperidine rings is 2. The van der Waals surface area contributed by atoms with E-state index in [1.807, 2.05) is 5.01 Å². The number of benzene rings is 1. The topological polar surface area (TPSA) is 157 Å². The van der Waals surface area contributed by atoms with Crippen LogP contribution >= 0.6 is 31.9 Å². The Kier molecular flexibility index (Phi) is 7.47. The number of nitro benzene ring substituents is 1. The van der Waals surface area contributed by atoms with Gasteiger partial charge in [0, 0.05) is 42.8 Å². The van der Waals surface area contributed by atoms with Gasteiger partial charge in [0.15, 0.2) is 12.1 Å². The molecular weight excluding hydrogens is 614 g/mol. The van der Waals surface area contributed by atoms with Gasteiger partial charge in [0.05, 0.1) is 16.8 Å². The second-order valence-electron chi connectivity index (χ2n) is 9.39. The number of carbonyl (C=O) groups is 2. The van der Waals surface area contributed by atoms with Crippen LogP contribution in [-0.2, 0) is 4.79 Å². The van der Waals surface area contributed by atoms with Gasteiger partial charge < -0.3 is 20.9 Å². The van der Waals surface area contributed by atoms with E-state index in [1.165, 1.54) is 12.4 Å². The summed E-state index contributed by atoms with van der Waals surface area (Å²) in [4.78, 5) is 47.8. The molecular formula is C22H27Br2N9O4. The van der Waals surface area contributed by atoms with Crippen molar-refractivity contribution in [3.05, 3.63) is 32.3 Å². The highest BCUT2D eigenvalue weighted by atomic mass is 79.9. The summed E-state index contributed by atoms with van der Waals surface area (Å²) in [6.07, 6.45) is 5.20. The van der Waals surface area contributed by atoms with Gasteiger partial charge in [-0.3, -0.25) is 19.7 Å². The number of carbonyl (C=O) groups excluding carboxylic acids is 2. The van der Waals surface area contributed by atoms with Crippen LogP contribution in [0.25, 0.3) is 0 Å². The van der Waals surface area contributed by atoms with Crippen LogP contribution in [0.15, 0.2) is 26.6 Å². The number of anilines is 1. The third-order valence-corrected chi connectivity index (χ3v) is 8.21. The average Bonchev–Trinajstić information content (AvgIpc) is 3.27. The molecule has 0 saturated carbocycles. The van der Waals surface area contributed by atoms with Crippen LogP contribution in [0.2, 0.25) is 0 Å². The Hall–Kier alpha value is -2.62. The van der Waals surface area contributed by atoms with E-state index >= 15 is 0 Å². The fraction of sp³-hybridized carbons (Fsp3) is 0.545. The van der Waals surface area contributed by atoms with Gasteiger partial charge in [-0.2, -0.15) is 0 Å². The summed E-state index contributed by atoms with van der Waals surface area (Å²) in [5.41, 5.74) is 3.59. The molecule has 0 spiro atoms. The molecule has 2 saturated heterocycles. The molecule has 1 aromatic carbocycles. The van der Waals surface area contributed by atoms with Gasteiger partial charge in [0.2, 0.25) is 0 Å². The smallest absolute Gasteiger partial charge is 0.294 e. The number of hydrogen-bond donors (Lipinski definition) is 4. The SMILES string of the molecule is O=C(c1cc(Br)cc([N+](=O)[O-])c1N[C@@H]1CCCN(NC2N=C3NC=NC3(Br)C(=O)N2)C1)N1CCCCC1. The molecule has 4 heterocycles. The molecule has 4 aliphatic heterocycles. The summed E-state index contributed by atoms with van der Waals surface area (Å²) in [5, 5.41) is 22.9. The Bertz CT molecular complexity index is 1170. The number of alkyl halides is 1. The highest BCUT2D eigenvalue weighted by Gasteiger charge is 2.48. The third kappa shape index (κ3) is 5.35. The van der Waals surface area contributed by atoms with Gasteiger partial charge in [0.25, 0.3) is 21.9 Å². The molecule has 0 radical (unpaired) electrons. The first-order valence-electron chi connectivity index (χ1n) is 12.2. The van der Waals surface area contributed by atoms with E-state index in [9.17, 15) is 19.7 Å². The molecule has 0 aromatic heterocycles. The van der Waals surface area contributed by atoms with E-state index in [2.05, 4.69) is 63.2 Å². The number of hydrazine groups is 1. The molecule has 1 aromatic rings. The molecule has 13 nitrogen and oxygen atoms in total. The van der Waals surface area contributed by atoms with E-state index in [0.29, 0.717) is 42.1 Å². The molecule has 4 N–H and O–H groups in total. The average molecular weight is 641 g/mol. The van der Waals surface area contributed by atoms with Crippen LogP contribution in [-0.4, -0.2) is 81.8 Å². The number of aliphatic imine (C=N–C) groups is 2. The lowest BCUT2D eigenvalue weighted by Crippen LogP contribution is -2.63. The highest BCUT2D eigenvalue weighted by molar-refractivity contribution is 9.10. The maximum atomic E-state index is 13.4. The van der Waals surface area contributed by atoms with Crippen molar-refractivity contribution in [3.63, 3.8) is 0 Å². The first-order chi connectivity index (χ1) is 17.7. The van der Waals surface area contributed by atoms with Crippen molar-refractivity contribution in [2.75, 3.05) is 31.5 Å². The van der Waals surface area contributed by atoms with Crippen molar-refractivity contribution in [2.45, 2.75) is 48.9 Å². The van der Waals surface area contributed by atoms with Crippen molar-refractivity contribution >= 4 is 67.2 Å². The Balaban J connectivity index is 1.33. The second kappa shape index (κ2) is 10.6. The molecule has 2 amide bonds. The number of fused-ring (bicyclic) bond motifs is 1. The quantitative estimate of drug-likeness (QED) is 0.159. The number of halogens is 2. The molecule has 37 heavy (non-hydrogen) atoms. The zero-order valence-electron chi connectivity index (χ0n) is 19.9. The van der Waals surface area contributed by atoms with Gasteiger partial charge in [0.1, 0.15) is 5.69 Å². The van der Waals surface area contributed by atoms with E-state index in [0.717, 1.165) is 32.1 Å². The summed E-state index contributed by atoms with van der Waals surface area (Å²) in [5.74, 6) is -0.149. The van der Waals surface area contributed by atoms with Crippen LogP contribution < -0.4 is 21.4 Å². The number of rotatable bonds is 6. The Morgan fingerprint density at radius 3 is 2.76 bits per heavy atom. The maximum Gasteiger partial charge on any atom is 0.294 e. The molecule has 4 aliphatic rings. The minimum absolute atomic E-state index is 0.147. The van der Waals surface area contributed by atoms with Crippen LogP contribution in [0.1, 0.15) is 42.5 Å². The third-order valence-electron chi connectivity index (χ3n) is 6.81. The lowest BCUT2D eigenvalue weighted by Gasteiger charge is -2.37. The van der Waals surface area contributed by atoms with Gasteiger partial charge in [-0.15, -0.1) is 0 Å². The number of nitro groups is 1. The van der Waals surface area contributed by atoms with Gasteiger partial charge in [-0.1, -0.05) is 15.9 Å². The molecule has 2 unspecified atom stereocenters. The number of nitrogens with one attached hydrogen (secondary N) is 4. The monoisotopic (exact) mass is 639 g/mol.